The number of esters is 1. The molecule has 0 fully saturated rings. The quantitative estimate of drug-likeness (QED) is 0.253. The summed E-state index contributed by atoms with van der Waals surface area (Å²) in [5.74, 6) is -0.703. The molecule has 1 aromatic carbocycles. The van der Waals surface area contributed by atoms with Crippen molar-refractivity contribution in [2.75, 3.05) is 18.9 Å². The van der Waals surface area contributed by atoms with E-state index < -0.39 is 5.97 Å². The molecule has 0 atom stereocenters. The lowest BCUT2D eigenvalue weighted by Crippen LogP contribution is -2.30. The van der Waals surface area contributed by atoms with Crippen molar-refractivity contribution >= 4 is 66.7 Å². The van der Waals surface area contributed by atoms with Gasteiger partial charge in [0.15, 0.2) is 6.61 Å². The third-order valence-corrected chi connectivity index (χ3v) is 6.81. The summed E-state index contributed by atoms with van der Waals surface area (Å²) >= 11 is 4.41. The number of fused-ring (bicyclic) bond motifs is 2. The number of rotatable bonds is 8. The molecule has 148 valence electrons. The van der Waals surface area contributed by atoms with Crippen LogP contribution >= 0.6 is 34.4 Å². The predicted molar refractivity (Wildman–Crippen MR) is 115 cm³/mol. The van der Waals surface area contributed by atoms with Crippen LogP contribution in [0.25, 0.3) is 20.4 Å². The third kappa shape index (κ3) is 5.08. The number of nitrogens with zero attached hydrogens (tertiary/aromatic N) is 3. The number of carbonyl (C=O) groups excluding carboxylic acids is 2. The van der Waals surface area contributed by atoms with Crippen LogP contribution in [-0.4, -0.2) is 45.7 Å². The Balaban J connectivity index is 1.17. The summed E-state index contributed by atoms with van der Waals surface area (Å²) < 4.78 is 6.17. The zero-order valence-electron chi connectivity index (χ0n) is 15.2. The molecule has 0 saturated heterocycles. The largest absolute Gasteiger partial charge is 0.455 e. The highest BCUT2D eigenvalue weighted by atomic mass is 32.2. The van der Waals surface area contributed by atoms with Crippen LogP contribution < -0.4 is 5.32 Å². The molecule has 7 nitrogen and oxygen atoms in total. The van der Waals surface area contributed by atoms with Gasteiger partial charge in [-0.1, -0.05) is 23.9 Å². The van der Waals surface area contributed by atoms with Crippen LogP contribution in [-0.2, 0) is 20.7 Å². The Morgan fingerprint density at radius 3 is 2.97 bits per heavy atom. The van der Waals surface area contributed by atoms with E-state index in [0.29, 0.717) is 13.0 Å². The second kappa shape index (κ2) is 9.29. The van der Waals surface area contributed by atoms with Gasteiger partial charge in [-0.2, -0.15) is 0 Å². The number of hydrogen-bond donors (Lipinski definition) is 1. The van der Waals surface area contributed by atoms with Crippen LogP contribution in [0.1, 0.15) is 5.01 Å². The van der Waals surface area contributed by atoms with Gasteiger partial charge < -0.3 is 10.1 Å². The van der Waals surface area contributed by atoms with Gasteiger partial charge in [0, 0.05) is 18.4 Å². The van der Waals surface area contributed by atoms with Crippen molar-refractivity contribution in [3.63, 3.8) is 0 Å². The van der Waals surface area contributed by atoms with Crippen LogP contribution in [0.15, 0.2) is 47.1 Å². The van der Waals surface area contributed by atoms with Crippen molar-refractivity contribution in [1.82, 2.24) is 20.3 Å². The van der Waals surface area contributed by atoms with Gasteiger partial charge >= 0.3 is 5.97 Å². The molecule has 4 aromatic rings. The zero-order chi connectivity index (χ0) is 20.1. The minimum atomic E-state index is -0.460. The number of ether oxygens (including phenoxy) is 1. The van der Waals surface area contributed by atoms with Crippen molar-refractivity contribution in [2.45, 2.75) is 11.4 Å². The van der Waals surface area contributed by atoms with E-state index in [2.05, 4.69) is 20.3 Å². The number of nitrogens with one attached hydrogen (secondary N) is 1. The first-order valence-corrected chi connectivity index (χ1v) is 11.4. The van der Waals surface area contributed by atoms with Crippen molar-refractivity contribution < 1.29 is 14.3 Å². The molecule has 0 spiro atoms. The molecule has 10 heteroatoms. The first-order valence-electron chi connectivity index (χ1n) is 8.77. The van der Waals surface area contributed by atoms with E-state index in [4.69, 9.17) is 4.74 Å². The Bertz CT molecular complexity index is 1120. The van der Waals surface area contributed by atoms with Crippen molar-refractivity contribution in [2.24, 2.45) is 0 Å². The number of thioether (sulfide) groups is 1. The van der Waals surface area contributed by atoms with E-state index in [1.165, 1.54) is 29.4 Å². The Hall–Kier alpha value is -2.56. The summed E-state index contributed by atoms with van der Waals surface area (Å²) in [5.41, 5.74) is 0.966. The van der Waals surface area contributed by atoms with Crippen LogP contribution in [0.2, 0.25) is 0 Å². The summed E-state index contributed by atoms with van der Waals surface area (Å²) in [7, 11) is 0. The Kier molecular flexibility index (Phi) is 6.33. The number of hydrogen-bond acceptors (Lipinski definition) is 9. The predicted octanol–water partition coefficient (Wildman–Crippen LogP) is 3.30. The zero-order valence-corrected chi connectivity index (χ0v) is 17.6. The Morgan fingerprint density at radius 1 is 1.17 bits per heavy atom. The minimum Gasteiger partial charge on any atom is -0.455 e. The molecule has 0 radical (unpaired) electrons. The van der Waals surface area contributed by atoms with Crippen molar-refractivity contribution in [3.05, 3.63) is 47.0 Å². The van der Waals surface area contributed by atoms with Gasteiger partial charge in [-0.3, -0.25) is 9.59 Å². The normalized spacial score (nSPS) is 11.0. The smallest absolute Gasteiger partial charge is 0.316 e. The Morgan fingerprint density at radius 2 is 2.07 bits per heavy atom. The van der Waals surface area contributed by atoms with Gasteiger partial charge in [-0.25, -0.2) is 15.0 Å². The number of amides is 1. The van der Waals surface area contributed by atoms with E-state index in [9.17, 15) is 9.59 Å². The van der Waals surface area contributed by atoms with Crippen LogP contribution in [0.3, 0.4) is 0 Å². The number of thiophene rings is 1. The summed E-state index contributed by atoms with van der Waals surface area (Å²) in [6, 6.07) is 9.85. The average molecular weight is 445 g/mol. The SMILES string of the molecule is O=C(COC(=O)CSc1ncnc2sccc12)NCCc1nc2ccccc2s1. The van der Waals surface area contributed by atoms with Crippen molar-refractivity contribution in [3.8, 4) is 0 Å². The monoisotopic (exact) mass is 444 g/mol. The summed E-state index contributed by atoms with van der Waals surface area (Å²) in [5, 5.41) is 7.29. The first kappa shape index (κ1) is 19.7. The molecule has 1 amide bonds. The van der Waals surface area contributed by atoms with Crippen LogP contribution in [0.4, 0.5) is 0 Å². The maximum atomic E-state index is 11.9. The topological polar surface area (TPSA) is 94.1 Å². The average Bonchev–Trinajstić information content (AvgIpc) is 3.37. The maximum Gasteiger partial charge on any atom is 0.316 e. The van der Waals surface area contributed by atoms with Crippen LogP contribution in [0, 0.1) is 0 Å². The molecule has 0 saturated carbocycles. The van der Waals surface area contributed by atoms with Gasteiger partial charge in [-0.15, -0.1) is 22.7 Å². The van der Waals surface area contributed by atoms with E-state index in [1.54, 1.807) is 11.3 Å². The molecular weight excluding hydrogens is 428 g/mol. The minimum absolute atomic E-state index is 0.0843. The van der Waals surface area contributed by atoms with Gasteiger partial charge in [0.1, 0.15) is 16.2 Å². The second-order valence-corrected chi connectivity index (χ2v) is 8.92. The highest BCUT2D eigenvalue weighted by Gasteiger charge is 2.11. The molecule has 0 aliphatic rings. The van der Waals surface area contributed by atoms with E-state index in [0.717, 1.165) is 30.5 Å². The highest BCUT2D eigenvalue weighted by molar-refractivity contribution is 8.00. The molecule has 0 bridgehead atoms. The lowest BCUT2D eigenvalue weighted by atomic mass is 10.3. The number of aromatic nitrogens is 3. The molecule has 4 rings (SSSR count). The number of para-hydroxylation sites is 1. The molecular formula is C19H16N4O3S3. The van der Waals surface area contributed by atoms with Gasteiger partial charge in [0.2, 0.25) is 0 Å². The lowest BCUT2D eigenvalue weighted by Gasteiger charge is -2.06. The standard InChI is InChI=1S/C19H16N4O3S3/c24-15(20-7-5-16-23-13-3-1-2-4-14(13)29-16)9-26-17(25)10-28-19-12-6-8-27-18(12)21-11-22-19/h1-4,6,8,11H,5,7,9-10H2,(H,20,24). The fraction of sp³-hybridized carbons (Fsp3) is 0.211. The van der Waals surface area contributed by atoms with Gasteiger partial charge in [-0.05, 0) is 23.6 Å². The molecule has 0 aliphatic heterocycles. The second-order valence-electron chi connectivity index (χ2n) is 5.94. The van der Waals surface area contributed by atoms with E-state index >= 15 is 0 Å². The maximum absolute atomic E-state index is 11.9. The highest BCUT2D eigenvalue weighted by Crippen LogP contribution is 2.27. The fourth-order valence-electron chi connectivity index (χ4n) is 2.58. The molecule has 1 N–H and O–H groups in total. The van der Waals surface area contributed by atoms with Crippen LogP contribution in [0.5, 0.6) is 0 Å². The lowest BCUT2D eigenvalue weighted by molar-refractivity contribution is -0.145. The summed E-state index contributed by atoms with van der Waals surface area (Å²) in [6.45, 7) is 0.152. The first-order chi connectivity index (χ1) is 14.2. The van der Waals surface area contributed by atoms with Crippen molar-refractivity contribution in [1.29, 1.82) is 0 Å². The summed E-state index contributed by atoms with van der Waals surface area (Å²) in [6.07, 6.45) is 2.12. The van der Waals surface area contributed by atoms with E-state index in [1.807, 2.05) is 35.7 Å². The molecule has 29 heavy (non-hydrogen) atoms. The molecule has 3 aromatic heterocycles. The molecule has 3 heterocycles. The number of benzene rings is 1. The van der Waals surface area contributed by atoms with E-state index in [-0.39, 0.29) is 18.3 Å². The summed E-state index contributed by atoms with van der Waals surface area (Å²) in [4.78, 5) is 37.6. The fourth-order valence-corrected chi connectivity index (χ4v) is 5.13. The van der Waals surface area contributed by atoms with Gasteiger partial charge in [0.25, 0.3) is 5.91 Å². The molecule has 0 aliphatic carbocycles. The Labute approximate surface area is 178 Å². The number of carbonyl (C=O) groups is 2. The molecule has 0 unspecified atom stereocenters. The third-order valence-electron chi connectivity index (χ3n) is 3.92. The number of thiazole rings is 1. The van der Waals surface area contributed by atoms with Gasteiger partial charge in [0.05, 0.1) is 21.0 Å².